The van der Waals surface area contributed by atoms with E-state index in [9.17, 15) is 0 Å². The third-order valence-electron chi connectivity index (χ3n) is 2.32. The quantitative estimate of drug-likeness (QED) is 0.708. The molecule has 1 aromatic heterocycles. The number of hydrogen-bond donors (Lipinski definition) is 0. The van der Waals surface area contributed by atoms with Gasteiger partial charge in [0.25, 0.3) is 0 Å². The van der Waals surface area contributed by atoms with Crippen molar-refractivity contribution in [1.82, 2.24) is 4.98 Å². The Morgan fingerprint density at radius 3 is 2.71 bits per heavy atom. The molecule has 1 nitrogen and oxygen atoms in total. The van der Waals surface area contributed by atoms with E-state index in [0.717, 1.165) is 18.5 Å². The monoisotopic (exact) mass is 247 g/mol. The Hall–Kier alpha value is -1.02. The molecule has 1 rings (SSSR count). The van der Waals surface area contributed by atoms with Crippen molar-refractivity contribution in [3.8, 4) is 0 Å². The van der Waals surface area contributed by atoms with Gasteiger partial charge in [-0.1, -0.05) is 51.3 Å². The van der Waals surface area contributed by atoms with Crippen molar-refractivity contribution in [2.45, 2.75) is 33.6 Å². The fraction of sp³-hybridized carbons (Fsp3) is 0.400. The Balaban J connectivity index is 2.84. The van der Waals surface area contributed by atoms with Crippen LogP contribution in [-0.2, 0) is 6.42 Å². The van der Waals surface area contributed by atoms with Crippen LogP contribution >= 0.6 is 11.8 Å². The molecule has 1 aromatic rings. The molecular weight excluding hydrogens is 226 g/mol. The second-order valence-corrected chi connectivity index (χ2v) is 5.42. The van der Waals surface area contributed by atoms with Crippen LogP contribution < -0.4 is 0 Å². The minimum Gasteiger partial charge on any atom is -0.255 e. The average Bonchev–Trinajstić information content (AvgIpc) is 2.29. The minimum absolute atomic E-state index is 0.677. The predicted octanol–water partition coefficient (Wildman–Crippen LogP) is 4.91. The maximum Gasteiger partial charge on any atom is 0.0765 e. The van der Waals surface area contributed by atoms with Crippen LogP contribution in [0.25, 0.3) is 4.91 Å². The maximum atomic E-state index is 4.53. The third kappa shape index (κ3) is 4.78. The van der Waals surface area contributed by atoms with Crippen LogP contribution in [-0.4, -0.2) is 4.98 Å². The molecule has 0 saturated carbocycles. The lowest BCUT2D eigenvalue weighted by Gasteiger charge is -2.07. The molecule has 92 valence electrons. The van der Waals surface area contributed by atoms with Gasteiger partial charge in [-0.25, -0.2) is 0 Å². The summed E-state index contributed by atoms with van der Waals surface area (Å²) in [7, 11) is 0. The van der Waals surface area contributed by atoms with E-state index in [4.69, 9.17) is 0 Å². The number of allylic oxidation sites excluding steroid dienone is 1. The van der Waals surface area contributed by atoms with Gasteiger partial charge < -0.3 is 0 Å². The van der Waals surface area contributed by atoms with Crippen molar-refractivity contribution in [2.24, 2.45) is 5.92 Å². The van der Waals surface area contributed by atoms with E-state index in [1.165, 1.54) is 10.5 Å². The second-order valence-electron chi connectivity index (χ2n) is 4.41. The van der Waals surface area contributed by atoms with Gasteiger partial charge in [-0.05, 0) is 35.8 Å². The molecule has 0 radical (unpaired) electrons. The maximum absolute atomic E-state index is 4.53. The van der Waals surface area contributed by atoms with Crippen molar-refractivity contribution in [1.29, 1.82) is 0 Å². The number of aromatic nitrogens is 1. The topological polar surface area (TPSA) is 12.9 Å². The third-order valence-corrected chi connectivity index (χ3v) is 3.12. The zero-order valence-electron chi connectivity index (χ0n) is 10.9. The van der Waals surface area contributed by atoms with Crippen molar-refractivity contribution >= 4 is 16.7 Å². The molecule has 0 saturated heterocycles. The van der Waals surface area contributed by atoms with Crippen molar-refractivity contribution in [3.05, 3.63) is 47.6 Å². The summed E-state index contributed by atoms with van der Waals surface area (Å²) in [5.74, 6) is 0.677. The van der Waals surface area contributed by atoms with Gasteiger partial charge >= 0.3 is 0 Å². The SMILES string of the molecule is C=CS/C(=C\CC)c1ccc(CC(C)C)cn1. The van der Waals surface area contributed by atoms with Gasteiger partial charge in [-0.2, -0.15) is 0 Å². The fourth-order valence-electron chi connectivity index (χ4n) is 1.65. The van der Waals surface area contributed by atoms with Crippen LogP contribution in [0.4, 0.5) is 0 Å². The van der Waals surface area contributed by atoms with Gasteiger partial charge in [0.15, 0.2) is 0 Å². The van der Waals surface area contributed by atoms with E-state index < -0.39 is 0 Å². The molecule has 0 N–H and O–H groups in total. The van der Waals surface area contributed by atoms with E-state index in [2.05, 4.69) is 50.5 Å². The Morgan fingerprint density at radius 2 is 2.24 bits per heavy atom. The highest BCUT2D eigenvalue weighted by Gasteiger charge is 2.03. The zero-order chi connectivity index (χ0) is 12.7. The Bertz CT molecular complexity index is 376. The summed E-state index contributed by atoms with van der Waals surface area (Å²) in [6.45, 7) is 10.3. The molecule has 0 amide bonds. The molecule has 0 aliphatic rings. The predicted molar refractivity (Wildman–Crippen MR) is 78.8 cm³/mol. The van der Waals surface area contributed by atoms with Gasteiger partial charge in [-0.3, -0.25) is 4.98 Å². The summed E-state index contributed by atoms with van der Waals surface area (Å²) in [5.41, 5.74) is 2.35. The number of nitrogens with zero attached hydrogens (tertiary/aromatic N) is 1. The summed E-state index contributed by atoms with van der Waals surface area (Å²) in [5, 5.41) is 1.85. The number of thioether (sulfide) groups is 1. The molecule has 2 heteroatoms. The first kappa shape index (κ1) is 14.0. The summed E-state index contributed by atoms with van der Waals surface area (Å²) < 4.78 is 0. The fourth-order valence-corrected chi connectivity index (χ4v) is 2.33. The molecule has 0 atom stereocenters. The van der Waals surface area contributed by atoms with Gasteiger partial charge in [0, 0.05) is 11.1 Å². The number of rotatable bonds is 6. The van der Waals surface area contributed by atoms with Crippen molar-refractivity contribution < 1.29 is 0 Å². The van der Waals surface area contributed by atoms with Crippen LogP contribution in [0.2, 0.25) is 0 Å². The van der Waals surface area contributed by atoms with Crippen molar-refractivity contribution in [3.63, 3.8) is 0 Å². The van der Waals surface area contributed by atoms with E-state index in [1.54, 1.807) is 11.8 Å². The number of hydrogen-bond acceptors (Lipinski definition) is 2. The van der Waals surface area contributed by atoms with Gasteiger partial charge in [-0.15, -0.1) is 0 Å². The molecule has 0 unspecified atom stereocenters. The lowest BCUT2D eigenvalue weighted by molar-refractivity contribution is 0.645. The first-order valence-corrected chi connectivity index (χ1v) is 6.98. The van der Waals surface area contributed by atoms with Gasteiger partial charge in [0.05, 0.1) is 5.69 Å². The molecular formula is C15H21NS. The van der Waals surface area contributed by atoms with Crippen LogP contribution in [0, 0.1) is 5.92 Å². The molecule has 0 fully saturated rings. The molecule has 0 aliphatic carbocycles. The summed E-state index contributed by atoms with van der Waals surface area (Å²) in [6.07, 6.45) is 6.29. The van der Waals surface area contributed by atoms with Crippen molar-refractivity contribution in [2.75, 3.05) is 0 Å². The summed E-state index contributed by atoms with van der Waals surface area (Å²) in [4.78, 5) is 5.73. The Kier molecular flexibility index (Phi) is 6.06. The zero-order valence-corrected chi connectivity index (χ0v) is 11.8. The van der Waals surface area contributed by atoms with E-state index >= 15 is 0 Å². The summed E-state index contributed by atoms with van der Waals surface area (Å²) in [6, 6.07) is 4.28. The lowest BCUT2D eigenvalue weighted by atomic mass is 10.0. The highest BCUT2D eigenvalue weighted by molar-refractivity contribution is 8.10. The molecule has 0 aromatic carbocycles. The first-order chi connectivity index (χ1) is 8.17. The smallest absolute Gasteiger partial charge is 0.0765 e. The molecule has 0 spiro atoms. The van der Waals surface area contributed by atoms with Crippen LogP contribution in [0.3, 0.4) is 0 Å². The molecule has 17 heavy (non-hydrogen) atoms. The highest BCUT2D eigenvalue weighted by Crippen LogP contribution is 2.27. The molecule has 0 bridgehead atoms. The largest absolute Gasteiger partial charge is 0.255 e. The normalized spacial score (nSPS) is 11.9. The Labute approximate surface area is 109 Å². The first-order valence-electron chi connectivity index (χ1n) is 6.10. The summed E-state index contributed by atoms with van der Waals surface area (Å²) >= 11 is 1.64. The van der Waals surface area contributed by atoms with E-state index in [0.29, 0.717) is 5.92 Å². The number of pyridine rings is 1. The van der Waals surface area contributed by atoms with Crippen LogP contribution in [0.5, 0.6) is 0 Å². The van der Waals surface area contributed by atoms with Gasteiger partial charge in [0.2, 0.25) is 0 Å². The van der Waals surface area contributed by atoms with Gasteiger partial charge in [0.1, 0.15) is 0 Å². The molecule has 1 heterocycles. The lowest BCUT2D eigenvalue weighted by Crippen LogP contribution is -1.95. The standard InChI is InChI=1S/C15H21NS/c1-5-7-15(17-6-2)14-9-8-13(11-16-14)10-12(3)4/h6-9,11-12H,2,5,10H2,1,3-4H3/b15-7-. The second kappa shape index (κ2) is 7.33. The van der Waals surface area contributed by atoms with E-state index in [1.807, 2.05) is 11.6 Å². The Morgan fingerprint density at radius 1 is 1.47 bits per heavy atom. The van der Waals surface area contributed by atoms with E-state index in [-0.39, 0.29) is 0 Å². The highest BCUT2D eigenvalue weighted by atomic mass is 32.2. The van der Waals surface area contributed by atoms with Crippen LogP contribution in [0.15, 0.2) is 36.4 Å². The average molecular weight is 247 g/mol. The van der Waals surface area contributed by atoms with Crippen LogP contribution in [0.1, 0.15) is 38.4 Å². The minimum atomic E-state index is 0.677. The molecule has 0 aliphatic heterocycles.